The van der Waals surface area contributed by atoms with E-state index in [9.17, 15) is 0 Å². The zero-order valence-electron chi connectivity index (χ0n) is 10.5. The molecule has 2 aromatic carbocycles. The second-order valence-corrected chi connectivity index (χ2v) is 4.42. The van der Waals surface area contributed by atoms with E-state index in [1.54, 1.807) is 6.20 Å². The van der Waals surface area contributed by atoms with Crippen LogP contribution >= 0.6 is 0 Å². The van der Waals surface area contributed by atoms with Gasteiger partial charge in [-0.2, -0.15) is 0 Å². The Labute approximate surface area is 114 Å². The average molecular weight is 241 g/mol. The molecule has 19 heavy (non-hydrogen) atoms. The molecule has 0 atom stereocenters. The third-order valence-electron chi connectivity index (χ3n) is 3.07. The second kappa shape index (κ2) is 5.11. The van der Waals surface area contributed by atoms with E-state index in [1.165, 1.54) is 11.1 Å². The summed E-state index contributed by atoms with van der Waals surface area (Å²) >= 11 is 0. The van der Waals surface area contributed by atoms with E-state index in [0.717, 1.165) is 11.3 Å². The van der Waals surface area contributed by atoms with Crippen LogP contribution in [0.3, 0.4) is 0 Å². The van der Waals surface area contributed by atoms with Gasteiger partial charge in [0, 0.05) is 11.8 Å². The molecule has 0 aliphatic heterocycles. The van der Waals surface area contributed by atoms with Crippen molar-refractivity contribution in [1.82, 2.24) is 4.98 Å². The maximum atomic E-state index is 5.64. The molecule has 0 aliphatic carbocycles. The van der Waals surface area contributed by atoms with E-state index in [-0.39, 0.29) is 0 Å². The minimum atomic E-state index is 0.685. The third-order valence-corrected chi connectivity index (χ3v) is 3.07. The molecule has 2 radical (unpaired) electrons. The average Bonchev–Trinajstić information content (AvgIpc) is 2.49. The van der Waals surface area contributed by atoms with Gasteiger partial charge < -0.3 is 0 Å². The van der Waals surface area contributed by atoms with Crippen molar-refractivity contribution in [3.8, 4) is 22.4 Å². The highest BCUT2D eigenvalue weighted by atomic mass is 14.7. The Bertz CT molecular complexity index is 658. The number of benzene rings is 2. The van der Waals surface area contributed by atoms with Gasteiger partial charge in [-0.3, -0.25) is 4.98 Å². The Morgan fingerprint density at radius 2 is 1.26 bits per heavy atom. The molecule has 0 spiro atoms. The Morgan fingerprint density at radius 3 is 1.89 bits per heavy atom. The Morgan fingerprint density at radius 1 is 0.632 bits per heavy atom. The molecule has 2 heteroatoms. The van der Waals surface area contributed by atoms with Gasteiger partial charge in [-0.25, -0.2) is 0 Å². The molecule has 0 saturated carbocycles. The lowest BCUT2D eigenvalue weighted by molar-refractivity contribution is 1.34. The molecular weight excluding hydrogens is 229 g/mol. The summed E-state index contributed by atoms with van der Waals surface area (Å²) < 4.78 is 0. The quantitative estimate of drug-likeness (QED) is 0.628. The topological polar surface area (TPSA) is 12.9 Å². The molecule has 0 unspecified atom stereocenters. The van der Waals surface area contributed by atoms with Crippen LogP contribution in [0.5, 0.6) is 0 Å². The third kappa shape index (κ3) is 2.58. The maximum Gasteiger partial charge on any atom is 0.115 e. The van der Waals surface area contributed by atoms with Gasteiger partial charge in [-0.1, -0.05) is 66.1 Å². The summed E-state index contributed by atoms with van der Waals surface area (Å²) in [6.45, 7) is 0. The van der Waals surface area contributed by atoms with Gasteiger partial charge >= 0.3 is 0 Å². The van der Waals surface area contributed by atoms with Crippen molar-refractivity contribution in [2.75, 3.05) is 0 Å². The lowest BCUT2D eigenvalue weighted by Crippen LogP contribution is -2.01. The normalized spacial score (nSPS) is 10.3. The smallest absolute Gasteiger partial charge is 0.115 e. The fourth-order valence-corrected chi connectivity index (χ4v) is 2.04. The summed E-state index contributed by atoms with van der Waals surface area (Å²) in [5, 5.41) is 0. The summed E-state index contributed by atoms with van der Waals surface area (Å²) in [5.41, 5.74) is 5.15. The minimum absolute atomic E-state index is 0.685. The van der Waals surface area contributed by atoms with E-state index in [1.807, 2.05) is 30.3 Å². The first-order valence-corrected chi connectivity index (χ1v) is 6.20. The zero-order chi connectivity index (χ0) is 13.1. The number of hydrogen-bond acceptors (Lipinski definition) is 1. The van der Waals surface area contributed by atoms with Crippen molar-refractivity contribution in [3.05, 3.63) is 72.9 Å². The Balaban J connectivity index is 1.93. The highest BCUT2D eigenvalue weighted by Gasteiger charge is 2.00. The van der Waals surface area contributed by atoms with Crippen LogP contribution in [-0.4, -0.2) is 12.8 Å². The van der Waals surface area contributed by atoms with E-state index in [0.29, 0.717) is 5.46 Å². The minimum Gasteiger partial charge on any atom is -0.257 e. The predicted octanol–water partition coefficient (Wildman–Crippen LogP) is 3.21. The van der Waals surface area contributed by atoms with Crippen molar-refractivity contribution >= 4 is 13.3 Å². The number of nitrogens with zero attached hydrogens (tertiary/aromatic N) is 1. The summed E-state index contributed by atoms with van der Waals surface area (Å²) in [6, 6.07) is 22.5. The van der Waals surface area contributed by atoms with Crippen LogP contribution in [0.15, 0.2) is 72.9 Å². The van der Waals surface area contributed by atoms with Crippen LogP contribution in [0.1, 0.15) is 0 Å². The number of pyridine rings is 1. The van der Waals surface area contributed by atoms with Gasteiger partial charge in [0.15, 0.2) is 0 Å². The van der Waals surface area contributed by atoms with Crippen molar-refractivity contribution in [1.29, 1.82) is 0 Å². The SMILES string of the molecule is [B]c1ccc(-c2ccc(-c3ccccc3)cc2)nc1. The van der Waals surface area contributed by atoms with Gasteiger partial charge in [0.1, 0.15) is 7.85 Å². The summed E-state index contributed by atoms with van der Waals surface area (Å²) in [7, 11) is 5.64. The van der Waals surface area contributed by atoms with Crippen molar-refractivity contribution in [2.45, 2.75) is 0 Å². The highest BCUT2D eigenvalue weighted by Crippen LogP contribution is 2.23. The molecule has 1 nitrogen and oxygen atoms in total. The van der Waals surface area contributed by atoms with E-state index >= 15 is 0 Å². The molecule has 0 amide bonds. The fraction of sp³-hybridized carbons (Fsp3) is 0. The van der Waals surface area contributed by atoms with Crippen LogP contribution in [0.4, 0.5) is 0 Å². The van der Waals surface area contributed by atoms with Gasteiger partial charge in [-0.05, 0) is 17.2 Å². The molecule has 1 aromatic heterocycles. The maximum absolute atomic E-state index is 5.64. The number of aromatic nitrogens is 1. The van der Waals surface area contributed by atoms with Crippen LogP contribution < -0.4 is 5.46 Å². The van der Waals surface area contributed by atoms with Crippen LogP contribution in [0.25, 0.3) is 22.4 Å². The first-order chi connectivity index (χ1) is 9.33. The highest BCUT2D eigenvalue weighted by molar-refractivity contribution is 6.32. The number of rotatable bonds is 2. The first-order valence-electron chi connectivity index (χ1n) is 6.20. The van der Waals surface area contributed by atoms with Gasteiger partial charge in [0.25, 0.3) is 0 Å². The Kier molecular flexibility index (Phi) is 3.15. The molecule has 3 rings (SSSR count). The molecule has 0 N–H and O–H groups in total. The van der Waals surface area contributed by atoms with E-state index < -0.39 is 0 Å². The van der Waals surface area contributed by atoms with Gasteiger partial charge in [0.05, 0.1) is 5.69 Å². The molecule has 1 heterocycles. The summed E-state index contributed by atoms with van der Waals surface area (Å²) in [4.78, 5) is 4.33. The van der Waals surface area contributed by atoms with Crippen molar-refractivity contribution in [3.63, 3.8) is 0 Å². The van der Waals surface area contributed by atoms with Crippen molar-refractivity contribution < 1.29 is 0 Å². The zero-order valence-corrected chi connectivity index (χ0v) is 10.5. The molecule has 3 aromatic rings. The van der Waals surface area contributed by atoms with E-state index in [4.69, 9.17) is 7.85 Å². The molecule has 88 valence electrons. The Hall–Kier alpha value is -2.35. The van der Waals surface area contributed by atoms with Crippen LogP contribution in [0, 0.1) is 0 Å². The molecule has 0 fully saturated rings. The van der Waals surface area contributed by atoms with Gasteiger partial charge in [-0.15, -0.1) is 0 Å². The fourth-order valence-electron chi connectivity index (χ4n) is 2.04. The predicted molar refractivity (Wildman–Crippen MR) is 80.5 cm³/mol. The monoisotopic (exact) mass is 241 g/mol. The van der Waals surface area contributed by atoms with Crippen LogP contribution in [-0.2, 0) is 0 Å². The second-order valence-electron chi connectivity index (χ2n) is 4.42. The van der Waals surface area contributed by atoms with Crippen molar-refractivity contribution in [2.24, 2.45) is 0 Å². The van der Waals surface area contributed by atoms with Crippen LogP contribution in [0.2, 0.25) is 0 Å². The summed E-state index contributed by atoms with van der Waals surface area (Å²) in [5.74, 6) is 0. The summed E-state index contributed by atoms with van der Waals surface area (Å²) in [6.07, 6.45) is 1.68. The first kappa shape index (κ1) is 11.7. The standard InChI is InChI=1S/C17H12BN/c18-16-10-11-17(19-12-16)15-8-6-14(7-9-15)13-4-2-1-3-5-13/h1-12H. The van der Waals surface area contributed by atoms with Gasteiger partial charge in [0.2, 0.25) is 0 Å². The molecular formula is C17H12BN. The lowest BCUT2D eigenvalue weighted by atomic mass is 9.97. The number of hydrogen-bond donors (Lipinski definition) is 0. The molecule has 0 saturated heterocycles. The van der Waals surface area contributed by atoms with E-state index in [2.05, 4.69) is 41.4 Å². The largest absolute Gasteiger partial charge is 0.257 e. The lowest BCUT2D eigenvalue weighted by Gasteiger charge is -2.04. The molecule has 0 bridgehead atoms. The molecule has 0 aliphatic rings.